The van der Waals surface area contributed by atoms with Crippen molar-refractivity contribution < 1.29 is 4.79 Å². The molecule has 3 N–H and O–H groups in total. The van der Waals surface area contributed by atoms with E-state index in [-0.39, 0.29) is 5.91 Å². The molecule has 3 heteroatoms. The first kappa shape index (κ1) is 12.5. The second-order valence-corrected chi connectivity index (χ2v) is 5.52. The van der Waals surface area contributed by atoms with E-state index in [2.05, 4.69) is 12.2 Å². The quantitative estimate of drug-likeness (QED) is 0.703. The Balaban J connectivity index is 2.34. The van der Waals surface area contributed by atoms with Gasteiger partial charge >= 0.3 is 0 Å². The Morgan fingerprint density at radius 1 is 1.47 bits per heavy atom. The molecule has 0 spiro atoms. The summed E-state index contributed by atoms with van der Waals surface area (Å²) >= 11 is 0. The minimum Gasteiger partial charge on any atom is -0.355 e. The molecule has 0 aromatic heterocycles. The molecule has 0 atom stereocenters. The van der Waals surface area contributed by atoms with Gasteiger partial charge in [0.15, 0.2) is 0 Å². The summed E-state index contributed by atoms with van der Waals surface area (Å²) in [4.78, 5) is 11.8. The predicted octanol–water partition coefficient (Wildman–Crippen LogP) is 1.67. The van der Waals surface area contributed by atoms with Crippen LogP contribution < -0.4 is 11.1 Å². The summed E-state index contributed by atoms with van der Waals surface area (Å²) in [7, 11) is 0. The fourth-order valence-electron chi connectivity index (χ4n) is 1.82. The van der Waals surface area contributed by atoms with Crippen LogP contribution in [0.5, 0.6) is 0 Å². The minimum atomic E-state index is -0.428. The standard InChI is InChI=1S/C12H24N2O/c1-4-5-12(6-7-12)9-14-10(15)11(2,3)8-13/h4-9,13H2,1-3H3,(H,14,15). The van der Waals surface area contributed by atoms with Gasteiger partial charge in [0.25, 0.3) is 0 Å². The topological polar surface area (TPSA) is 55.1 Å². The molecule has 0 radical (unpaired) electrons. The van der Waals surface area contributed by atoms with Gasteiger partial charge in [0.1, 0.15) is 0 Å². The van der Waals surface area contributed by atoms with Gasteiger partial charge < -0.3 is 11.1 Å². The van der Waals surface area contributed by atoms with E-state index in [9.17, 15) is 4.79 Å². The highest BCUT2D eigenvalue weighted by molar-refractivity contribution is 5.82. The van der Waals surface area contributed by atoms with Crippen LogP contribution in [-0.4, -0.2) is 19.0 Å². The lowest BCUT2D eigenvalue weighted by molar-refractivity contribution is -0.129. The van der Waals surface area contributed by atoms with Crippen LogP contribution in [0.3, 0.4) is 0 Å². The molecule has 0 bridgehead atoms. The van der Waals surface area contributed by atoms with Gasteiger partial charge in [-0.1, -0.05) is 13.3 Å². The Kier molecular flexibility index (Phi) is 3.77. The maximum Gasteiger partial charge on any atom is 0.226 e. The summed E-state index contributed by atoms with van der Waals surface area (Å²) in [6.07, 6.45) is 4.97. The fraction of sp³-hybridized carbons (Fsp3) is 0.917. The van der Waals surface area contributed by atoms with Crippen molar-refractivity contribution in [1.82, 2.24) is 5.32 Å². The molecule has 0 saturated heterocycles. The number of carbonyl (C=O) groups is 1. The van der Waals surface area contributed by atoms with Crippen LogP contribution in [-0.2, 0) is 4.79 Å². The number of nitrogens with one attached hydrogen (secondary N) is 1. The molecule has 0 unspecified atom stereocenters. The maximum atomic E-state index is 11.8. The Labute approximate surface area is 92.8 Å². The van der Waals surface area contributed by atoms with Gasteiger partial charge in [-0.15, -0.1) is 0 Å². The number of amides is 1. The van der Waals surface area contributed by atoms with Crippen LogP contribution in [0.4, 0.5) is 0 Å². The van der Waals surface area contributed by atoms with Crippen molar-refractivity contribution in [3.05, 3.63) is 0 Å². The molecule has 1 amide bonds. The van der Waals surface area contributed by atoms with Gasteiger partial charge in [-0.3, -0.25) is 4.79 Å². The van der Waals surface area contributed by atoms with Gasteiger partial charge in [-0.2, -0.15) is 0 Å². The third-order valence-corrected chi connectivity index (χ3v) is 3.49. The van der Waals surface area contributed by atoms with Crippen LogP contribution in [0.25, 0.3) is 0 Å². The maximum absolute atomic E-state index is 11.8. The third-order valence-electron chi connectivity index (χ3n) is 3.49. The first-order valence-corrected chi connectivity index (χ1v) is 5.94. The first-order chi connectivity index (χ1) is 6.96. The van der Waals surface area contributed by atoms with E-state index in [4.69, 9.17) is 5.73 Å². The van der Waals surface area contributed by atoms with Crippen molar-refractivity contribution in [2.24, 2.45) is 16.6 Å². The van der Waals surface area contributed by atoms with Crippen molar-refractivity contribution in [3.63, 3.8) is 0 Å². The summed E-state index contributed by atoms with van der Waals surface area (Å²) in [6.45, 7) is 7.22. The van der Waals surface area contributed by atoms with E-state index in [0.717, 1.165) is 6.54 Å². The summed E-state index contributed by atoms with van der Waals surface area (Å²) in [5.74, 6) is 0.0902. The average Bonchev–Trinajstić information content (AvgIpc) is 2.95. The van der Waals surface area contributed by atoms with Crippen molar-refractivity contribution in [1.29, 1.82) is 0 Å². The zero-order valence-electron chi connectivity index (χ0n) is 10.2. The molecule has 0 aliphatic heterocycles. The summed E-state index contributed by atoms with van der Waals surface area (Å²) < 4.78 is 0. The van der Waals surface area contributed by atoms with Gasteiger partial charge in [0, 0.05) is 13.1 Å². The monoisotopic (exact) mass is 212 g/mol. The molecule has 1 aliphatic carbocycles. The minimum absolute atomic E-state index is 0.0902. The molecule has 0 heterocycles. The summed E-state index contributed by atoms with van der Waals surface area (Å²) in [6, 6.07) is 0. The molecule has 1 aliphatic rings. The van der Waals surface area contributed by atoms with E-state index in [1.54, 1.807) is 0 Å². The van der Waals surface area contributed by atoms with Crippen LogP contribution >= 0.6 is 0 Å². The Morgan fingerprint density at radius 2 is 2.07 bits per heavy atom. The molecule has 0 aromatic carbocycles. The molecule has 15 heavy (non-hydrogen) atoms. The highest BCUT2D eigenvalue weighted by atomic mass is 16.2. The van der Waals surface area contributed by atoms with Crippen molar-refractivity contribution in [2.45, 2.75) is 46.5 Å². The first-order valence-electron chi connectivity index (χ1n) is 5.94. The Bertz CT molecular complexity index is 232. The van der Waals surface area contributed by atoms with Crippen LogP contribution in [0.2, 0.25) is 0 Å². The molecule has 88 valence electrons. The molecule has 1 saturated carbocycles. The van der Waals surface area contributed by atoms with Crippen molar-refractivity contribution in [2.75, 3.05) is 13.1 Å². The van der Waals surface area contributed by atoms with Crippen LogP contribution in [0.1, 0.15) is 46.5 Å². The highest BCUT2D eigenvalue weighted by Gasteiger charge is 2.42. The van der Waals surface area contributed by atoms with E-state index >= 15 is 0 Å². The van der Waals surface area contributed by atoms with Gasteiger partial charge in [-0.05, 0) is 38.5 Å². The fourth-order valence-corrected chi connectivity index (χ4v) is 1.82. The number of hydrogen-bond acceptors (Lipinski definition) is 2. The largest absolute Gasteiger partial charge is 0.355 e. The lowest BCUT2D eigenvalue weighted by atomic mass is 9.92. The molecular formula is C12H24N2O. The molecule has 1 fully saturated rings. The smallest absolute Gasteiger partial charge is 0.226 e. The molecule has 0 aromatic rings. The van der Waals surface area contributed by atoms with E-state index in [1.807, 2.05) is 13.8 Å². The average molecular weight is 212 g/mol. The number of rotatable bonds is 6. The summed E-state index contributed by atoms with van der Waals surface area (Å²) in [5, 5.41) is 3.04. The Morgan fingerprint density at radius 3 is 2.47 bits per heavy atom. The molecule has 1 rings (SSSR count). The van der Waals surface area contributed by atoms with Gasteiger partial charge in [0.2, 0.25) is 5.91 Å². The molecular weight excluding hydrogens is 188 g/mol. The SMILES string of the molecule is CCCC1(CNC(=O)C(C)(C)CN)CC1. The zero-order valence-corrected chi connectivity index (χ0v) is 10.2. The second kappa shape index (κ2) is 4.52. The Hall–Kier alpha value is -0.570. The van der Waals surface area contributed by atoms with Crippen LogP contribution in [0.15, 0.2) is 0 Å². The van der Waals surface area contributed by atoms with Gasteiger partial charge in [0.05, 0.1) is 5.41 Å². The normalized spacial score (nSPS) is 18.7. The lowest BCUT2D eigenvalue weighted by Gasteiger charge is -2.23. The third kappa shape index (κ3) is 3.20. The zero-order chi connectivity index (χ0) is 11.5. The lowest BCUT2D eigenvalue weighted by Crippen LogP contribution is -2.43. The number of carbonyl (C=O) groups excluding carboxylic acids is 1. The number of hydrogen-bond donors (Lipinski definition) is 2. The molecule has 3 nitrogen and oxygen atoms in total. The van der Waals surface area contributed by atoms with E-state index in [0.29, 0.717) is 12.0 Å². The van der Waals surface area contributed by atoms with Crippen molar-refractivity contribution >= 4 is 5.91 Å². The highest BCUT2D eigenvalue weighted by Crippen LogP contribution is 2.48. The summed E-state index contributed by atoms with van der Waals surface area (Å²) in [5.41, 5.74) is 5.56. The second-order valence-electron chi connectivity index (χ2n) is 5.52. The van der Waals surface area contributed by atoms with Gasteiger partial charge in [-0.25, -0.2) is 0 Å². The van der Waals surface area contributed by atoms with E-state index < -0.39 is 5.41 Å². The number of nitrogens with two attached hydrogens (primary N) is 1. The van der Waals surface area contributed by atoms with E-state index in [1.165, 1.54) is 25.7 Å². The van der Waals surface area contributed by atoms with Crippen LogP contribution in [0, 0.1) is 10.8 Å². The van der Waals surface area contributed by atoms with Crippen molar-refractivity contribution in [3.8, 4) is 0 Å². The predicted molar refractivity (Wildman–Crippen MR) is 62.4 cm³/mol.